The molecule has 3 rings (SSSR count). The molecule has 2 bridgehead atoms. The molecule has 17 heavy (non-hydrogen) atoms. The van der Waals surface area contributed by atoms with Crippen molar-refractivity contribution in [3.8, 4) is 6.07 Å². The summed E-state index contributed by atoms with van der Waals surface area (Å²) in [7, 11) is 0. The minimum atomic E-state index is -0.173. The number of hydrogen-bond donors (Lipinski definition) is 1. The molecule has 2 saturated heterocycles. The quantitative estimate of drug-likeness (QED) is 0.762. The van der Waals surface area contributed by atoms with E-state index in [-0.39, 0.29) is 30.4 Å². The summed E-state index contributed by atoms with van der Waals surface area (Å²) in [6.45, 7) is 0.770. The molecule has 5 heteroatoms. The van der Waals surface area contributed by atoms with Gasteiger partial charge in [-0.1, -0.05) is 0 Å². The van der Waals surface area contributed by atoms with Gasteiger partial charge in [-0.25, -0.2) is 0 Å². The highest BCUT2D eigenvalue weighted by Crippen LogP contribution is 2.36. The van der Waals surface area contributed by atoms with Gasteiger partial charge in [-0.3, -0.25) is 4.79 Å². The molecule has 0 aromatic carbocycles. The minimum absolute atomic E-state index is 0. The molecular formula is C12H18ClN3O. The third-order valence-corrected chi connectivity index (χ3v) is 4.31. The van der Waals surface area contributed by atoms with Gasteiger partial charge in [0, 0.05) is 12.6 Å². The van der Waals surface area contributed by atoms with Gasteiger partial charge >= 0.3 is 0 Å². The first-order chi connectivity index (χ1) is 7.79. The number of hydrogen-bond acceptors (Lipinski definition) is 3. The van der Waals surface area contributed by atoms with E-state index in [0.717, 1.165) is 25.8 Å². The van der Waals surface area contributed by atoms with Crippen LogP contribution in [-0.2, 0) is 4.79 Å². The van der Waals surface area contributed by atoms with Crippen molar-refractivity contribution in [1.82, 2.24) is 10.2 Å². The second kappa shape index (κ2) is 4.83. The lowest BCUT2D eigenvalue weighted by atomic mass is 9.98. The molecule has 0 unspecified atom stereocenters. The van der Waals surface area contributed by atoms with Crippen LogP contribution in [0.15, 0.2) is 0 Å². The molecule has 2 heterocycles. The Morgan fingerprint density at radius 1 is 1.35 bits per heavy atom. The zero-order valence-corrected chi connectivity index (χ0v) is 10.6. The van der Waals surface area contributed by atoms with Crippen molar-refractivity contribution >= 4 is 18.3 Å². The Kier molecular flexibility index (Phi) is 3.60. The third-order valence-electron chi connectivity index (χ3n) is 4.31. The highest BCUT2D eigenvalue weighted by Gasteiger charge is 2.45. The number of nitriles is 1. The van der Waals surface area contributed by atoms with Crippen LogP contribution in [0.1, 0.15) is 32.1 Å². The van der Waals surface area contributed by atoms with E-state index >= 15 is 0 Å². The molecule has 0 radical (unpaired) electrons. The number of nitrogens with one attached hydrogen (secondary N) is 1. The molecule has 4 atom stereocenters. The van der Waals surface area contributed by atoms with Gasteiger partial charge in [0.2, 0.25) is 5.91 Å². The van der Waals surface area contributed by atoms with E-state index in [0.29, 0.717) is 12.0 Å². The lowest BCUT2D eigenvalue weighted by Crippen LogP contribution is -2.50. The Bertz CT molecular complexity index is 354. The molecule has 2 aliphatic heterocycles. The van der Waals surface area contributed by atoms with Crippen molar-refractivity contribution < 1.29 is 4.79 Å². The first-order valence-corrected chi connectivity index (χ1v) is 6.26. The van der Waals surface area contributed by atoms with Gasteiger partial charge in [0.15, 0.2) is 0 Å². The monoisotopic (exact) mass is 255 g/mol. The zero-order chi connectivity index (χ0) is 11.1. The maximum atomic E-state index is 12.3. The molecule has 4 nitrogen and oxygen atoms in total. The number of carbonyl (C=O) groups excluding carboxylic acids is 1. The number of fused-ring (bicyclic) bond motifs is 2. The van der Waals surface area contributed by atoms with E-state index < -0.39 is 0 Å². The molecule has 0 aromatic heterocycles. The average molecular weight is 256 g/mol. The topological polar surface area (TPSA) is 56.1 Å². The summed E-state index contributed by atoms with van der Waals surface area (Å²) in [5.41, 5.74) is 0. The van der Waals surface area contributed by atoms with Crippen molar-refractivity contribution in [2.75, 3.05) is 6.54 Å². The van der Waals surface area contributed by atoms with Crippen LogP contribution in [0.25, 0.3) is 0 Å². The second-order valence-corrected chi connectivity index (χ2v) is 5.23. The highest BCUT2D eigenvalue weighted by molar-refractivity contribution is 5.85. The van der Waals surface area contributed by atoms with Gasteiger partial charge < -0.3 is 10.2 Å². The third kappa shape index (κ3) is 2.02. The fourth-order valence-corrected chi connectivity index (χ4v) is 3.48. The van der Waals surface area contributed by atoms with Gasteiger partial charge in [0.1, 0.15) is 6.04 Å². The van der Waals surface area contributed by atoms with Crippen molar-refractivity contribution in [3.05, 3.63) is 0 Å². The number of carbonyl (C=O) groups is 1. The van der Waals surface area contributed by atoms with Gasteiger partial charge in [0.25, 0.3) is 0 Å². The summed E-state index contributed by atoms with van der Waals surface area (Å²) in [5.74, 6) is 0.702. The maximum absolute atomic E-state index is 12.3. The number of piperidine rings is 1. The van der Waals surface area contributed by atoms with Crippen LogP contribution in [0, 0.1) is 17.2 Å². The molecule has 1 N–H and O–H groups in total. The standard InChI is InChI=1S/C12H17N3O.ClH/c13-7-10-2-1-5-15(10)12(16)11-8-3-4-9(6-8)14-11;/h8-11,14H,1-6H2;1H/t8-,9+,10+,11+;/m1./s1. The molecular weight excluding hydrogens is 238 g/mol. The number of rotatable bonds is 1. The van der Waals surface area contributed by atoms with Crippen LogP contribution >= 0.6 is 12.4 Å². The fourth-order valence-electron chi connectivity index (χ4n) is 3.48. The van der Waals surface area contributed by atoms with E-state index in [1.165, 1.54) is 12.8 Å². The van der Waals surface area contributed by atoms with Crippen LogP contribution in [-0.4, -0.2) is 35.5 Å². The summed E-state index contributed by atoms with van der Waals surface area (Å²) in [6, 6.07) is 2.63. The smallest absolute Gasteiger partial charge is 0.241 e. The van der Waals surface area contributed by atoms with Gasteiger partial charge in [-0.15, -0.1) is 12.4 Å². The largest absolute Gasteiger partial charge is 0.325 e. The van der Waals surface area contributed by atoms with Crippen LogP contribution < -0.4 is 5.32 Å². The molecule has 0 spiro atoms. The Morgan fingerprint density at radius 2 is 2.18 bits per heavy atom. The number of likely N-dealkylation sites (tertiary alicyclic amines) is 1. The van der Waals surface area contributed by atoms with Crippen molar-refractivity contribution in [2.45, 2.75) is 50.2 Å². The summed E-state index contributed by atoms with van der Waals surface area (Å²) in [6.07, 6.45) is 5.38. The van der Waals surface area contributed by atoms with Gasteiger partial charge in [0.05, 0.1) is 12.1 Å². The summed E-state index contributed by atoms with van der Waals surface area (Å²) >= 11 is 0. The summed E-state index contributed by atoms with van der Waals surface area (Å²) in [5, 5.41) is 12.4. The highest BCUT2D eigenvalue weighted by atomic mass is 35.5. The Hall–Kier alpha value is -0.790. The number of amides is 1. The van der Waals surface area contributed by atoms with Crippen LogP contribution in [0.3, 0.4) is 0 Å². The van der Waals surface area contributed by atoms with Crippen molar-refractivity contribution in [1.29, 1.82) is 5.26 Å². The first-order valence-electron chi connectivity index (χ1n) is 6.26. The lowest BCUT2D eigenvalue weighted by Gasteiger charge is -2.28. The molecule has 1 aliphatic carbocycles. The molecule has 3 aliphatic rings. The number of nitrogens with zero attached hydrogens (tertiary/aromatic N) is 2. The maximum Gasteiger partial charge on any atom is 0.241 e. The van der Waals surface area contributed by atoms with E-state index in [2.05, 4.69) is 11.4 Å². The molecule has 3 fully saturated rings. The van der Waals surface area contributed by atoms with Crippen molar-refractivity contribution in [3.63, 3.8) is 0 Å². The SMILES string of the molecule is Cl.N#C[C@@H]1CCCN1C(=O)[C@H]1N[C@H]2CC[C@@H]1C2. The van der Waals surface area contributed by atoms with E-state index in [1.807, 2.05) is 0 Å². The second-order valence-electron chi connectivity index (χ2n) is 5.23. The normalized spacial score (nSPS) is 38.9. The Balaban J connectivity index is 0.00000108. The van der Waals surface area contributed by atoms with E-state index in [1.54, 1.807) is 4.90 Å². The molecule has 94 valence electrons. The van der Waals surface area contributed by atoms with Gasteiger partial charge in [-0.2, -0.15) is 5.26 Å². The average Bonchev–Trinajstić information content (AvgIpc) is 3.02. The van der Waals surface area contributed by atoms with Crippen LogP contribution in [0.4, 0.5) is 0 Å². The number of halogens is 1. The zero-order valence-electron chi connectivity index (χ0n) is 9.76. The summed E-state index contributed by atoms with van der Waals surface area (Å²) in [4.78, 5) is 14.1. The van der Waals surface area contributed by atoms with Crippen LogP contribution in [0.2, 0.25) is 0 Å². The first kappa shape index (κ1) is 12.7. The molecule has 1 saturated carbocycles. The molecule has 1 amide bonds. The molecule has 0 aromatic rings. The van der Waals surface area contributed by atoms with Gasteiger partial charge in [-0.05, 0) is 38.0 Å². The fraction of sp³-hybridized carbons (Fsp3) is 0.833. The lowest BCUT2D eigenvalue weighted by molar-refractivity contribution is -0.134. The Labute approximate surface area is 108 Å². The summed E-state index contributed by atoms with van der Waals surface area (Å²) < 4.78 is 0. The predicted molar refractivity (Wildman–Crippen MR) is 65.6 cm³/mol. The minimum Gasteiger partial charge on any atom is -0.325 e. The van der Waals surface area contributed by atoms with Crippen LogP contribution in [0.5, 0.6) is 0 Å². The Morgan fingerprint density at radius 3 is 2.76 bits per heavy atom. The predicted octanol–water partition coefficient (Wildman–Crippen LogP) is 1.06. The van der Waals surface area contributed by atoms with E-state index in [4.69, 9.17) is 5.26 Å². The van der Waals surface area contributed by atoms with Crippen molar-refractivity contribution in [2.24, 2.45) is 5.92 Å². The van der Waals surface area contributed by atoms with E-state index in [9.17, 15) is 4.79 Å².